The normalized spacial score (nSPS) is 11.0. The Balaban J connectivity index is 2.02. The molecule has 3 heterocycles. The van der Waals surface area contributed by atoms with E-state index in [0.29, 0.717) is 12.4 Å². The molecule has 0 aliphatic rings. The molecular weight excluding hydrogens is 264 g/mol. The van der Waals surface area contributed by atoms with Crippen molar-refractivity contribution in [2.45, 2.75) is 20.4 Å². The molecule has 3 aromatic heterocycles. The molecule has 0 bridgehead atoms. The Morgan fingerprint density at radius 1 is 1.24 bits per heavy atom. The van der Waals surface area contributed by atoms with Crippen LogP contribution in [0.15, 0.2) is 42.7 Å². The summed E-state index contributed by atoms with van der Waals surface area (Å²) in [7, 11) is 0. The number of hydrogen-bond donors (Lipinski definition) is 1. The fraction of sp³-hybridized carbons (Fsp3) is 0.250. The van der Waals surface area contributed by atoms with Crippen LogP contribution < -0.4 is 10.1 Å². The summed E-state index contributed by atoms with van der Waals surface area (Å²) in [5, 5.41) is 3.33. The highest BCUT2D eigenvalue weighted by molar-refractivity contribution is 5.47. The minimum absolute atomic E-state index is 0.623. The van der Waals surface area contributed by atoms with Gasteiger partial charge in [-0.25, -0.2) is 0 Å². The van der Waals surface area contributed by atoms with Crippen LogP contribution in [-0.4, -0.2) is 20.9 Å². The predicted molar refractivity (Wildman–Crippen MR) is 81.6 cm³/mol. The molecule has 5 nitrogen and oxygen atoms in total. The third kappa shape index (κ3) is 2.73. The first-order valence-corrected chi connectivity index (χ1v) is 7.05. The summed E-state index contributed by atoms with van der Waals surface area (Å²) >= 11 is 0. The average Bonchev–Trinajstić information content (AvgIpc) is 2.85. The van der Waals surface area contributed by atoms with Crippen molar-refractivity contribution in [1.29, 1.82) is 0 Å². The molecule has 0 saturated carbocycles. The molecule has 3 aromatic rings. The molecule has 0 amide bonds. The molecule has 21 heavy (non-hydrogen) atoms. The summed E-state index contributed by atoms with van der Waals surface area (Å²) in [6.45, 7) is 5.60. The molecule has 0 saturated heterocycles. The molecular formula is C16H18N4O. The molecule has 0 aliphatic carbocycles. The van der Waals surface area contributed by atoms with Crippen molar-refractivity contribution in [3.63, 3.8) is 0 Å². The molecule has 0 aliphatic heterocycles. The molecule has 3 rings (SSSR count). The van der Waals surface area contributed by atoms with Crippen LogP contribution in [0.4, 0.5) is 0 Å². The number of imidazole rings is 1. The third-order valence-corrected chi connectivity index (χ3v) is 3.30. The maximum atomic E-state index is 5.99. The van der Waals surface area contributed by atoms with E-state index in [1.807, 2.05) is 47.9 Å². The Hall–Kier alpha value is -2.40. The zero-order chi connectivity index (χ0) is 14.7. The van der Waals surface area contributed by atoms with Gasteiger partial charge in [-0.3, -0.25) is 9.38 Å². The number of nitrogens with one attached hydrogen (secondary N) is 1. The van der Waals surface area contributed by atoms with Crippen molar-refractivity contribution < 1.29 is 4.74 Å². The minimum Gasteiger partial charge on any atom is -0.435 e. The van der Waals surface area contributed by atoms with Crippen LogP contribution in [-0.2, 0) is 6.54 Å². The van der Waals surface area contributed by atoms with Crippen molar-refractivity contribution in [1.82, 2.24) is 19.7 Å². The molecule has 0 fully saturated rings. The highest BCUT2D eigenvalue weighted by Crippen LogP contribution is 2.27. The fourth-order valence-corrected chi connectivity index (χ4v) is 2.19. The summed E-state index contributed by atoms with van der Waals surface area (Å²) in [6.07, 6.45) is 3.75. The van der Waals surface area contributed by atoms with Crippen LogP contribution in [0.3, 0.4) is 0 Å². The van der Waals surface area contributed by atoms with Gasteiger partial charge in [-0.2, -0.15) is 4.98 Å². The van der Waals surface area contributed by atoms with Gasteiger partial charge >= 0.3 is 0 Å². The Bertz CT molecular complexity index is 751. The summed E-state index contributed by atoms with van der Waals surface area (Å²) in [5.41, 5.74) is 2.74. The maximum Gasteiger partial charge on any atom is 0.242 e. The van der Waals surface area contributed by atoms with Gasteiger partial charge in [-0.05, 0) is 37.7 Å². The van der Waals surface area contributed by atoms with Crippen molar-refractivity contribution in [2.24, 2.45) is 0 Å². The molecule has 0 unspecified atom stereocenters. The summed E-state index contributed by atoms with van der Waals surface area (Å²) < 4.78 is 8.03. The third-order valence-electron chi connectivity index (χ3n) is 3.30. The van der Waals surface area contributed by atoms with Crippen LogP contribution in [0, 0.1) is 6.92 Å². The first-order valence-electron chi connectivity index (χ1n) is 7.05. The van der Waals surface area contributed by atoms with Gasteiger partial charge in [-0.15, -0.1) is 0 Å². The second-order valence-electron chi connectivity index (χ2n) is 4.76. The highest BCUT2D eigenvalue weighted by atomic mass is 16.5. The molecule has 0 radical (unpaired) electrons. The highest BCUT2D eigenvalue weighted by Gasteiger charge is 2.14. The predicted octanol–water partition coefficient (Wildman–Crippen LogP) is 2.94. The Kier molecular flexibility index (Phi) is 3.83. The lowest BCUT2D eigenvalue weighted by Crippen LogP contribution is -2.14. The van der Waals surface area contributed by atoms with Gasteiger partial charge < -0.3 is 10.1 Å². The van der Waals surface area contributed by atoms with E-state index in [0.717, 1.165) is 29.3 Å². The van der Waals surface area contributed by atoms with Crippen LogP contribution in [0.5, 0.6) is 11.6 Å². The smallest absolute Gasteiger partial charge is 0.242 e. The van der Waals surface area contributed by atoms with Crippen LogP contribution in [0.25, 0.3) is 5.65 Å². The van der Waals surface area contributed by atoms with Gasteiger partial charge in [0.15, 0.2) is 5.75 Å². The van der Waals surface area contributed by atoms with E-state index in [4.69, 9.17) is 4.74 Å². The Morgan fingerprint density at radius 3 is 2.95 bits per heavy atom. The second-order valence-corrected chi connectivity index (χ2v) is 4.76. The molecule has 108 valence electrons. The Labute approximate surface area is 123 Å². The number of rotatable bonds is 5. The molecule has 0 spiro atoms. The van der Waals surface area contributed by atoms with E-state index in [1.54, 1.807) is 6.20 Å². The van der Waals surface area contributed by atoms with Crippen molar-refractivity contribution >= 4 is 5.65 Å². The molecule has 1 N–H and O–H groups in total. The lowest BCUT2D eigenvalue weighted by Gasteiger charge is -2.08. The topological polar surface area (TPSA) is 51.5 Å². The van der Waals surface area contributed by atoms with Crippen LogP contribution >= 0.6 is 0 Å². The van der Waals surface area contributed by atoms with Gasteiger partial charge in [-0.1, -0.05) is 13.0 Å². The zero-order valence-electron chi connectivity index (χ0n) is 12.2. The van der Waals surface area contributed by atoms with E-state index >= 15 is 0 Å². The van der Waals surface area contributed by atoms with E-state index < -0.39 is 0 Å². The van der Waals surface area contributed by atoms with Gasteiger partial charge in [0.2, 0.25) is 5.88 Å². The quantitative estimate of drug-likeness (QED) is 0.781. The van der Waals surface area contributed by atoms with Crippen LogP contribution in [0.2, 0.25) is 0 Å². The monoisotopic (exact) mass is 282 g/mol. The maximum absolute atomic E-state index is 5.99. The number of aryl methyl sites for hydroxylation is 1. The molecule has 5 heteroatoms. The first-order chi connectivity index (χ1) is 10.3. The van der Waals surface area contributed by atoms with Gasteiger partial charge in [0.1, 0.15) is 11.3 Å². The molecule has 0 aromatic carbocycles. The van der Waals surface area contributed by atoms with Crippen LogP contribution in [0.1, 0.15) is 18.3 Å². The summed E-state index contributed by atoms with van der Waals surface area (Å²) in [6, 6.07) is 9.70. The lowest BCUT2D eigenvalue weighted by molar-refractivity contribution is 0.450. The number of hydrogen-bond acceptors (Lipinski definition) is 4. The number of pyridine rings is 2. The van der Waals surface area contributed by atoms with Gasteiger partial charge in [0.05, 0.1) is 5.69 Å². The summed E-state index contributed by atoms with van der Waals surface area (Å²) in [5.74, 6) is 1.36. The van der Waals surface area contributed by atoms with E-state index in [-0.39, 0.29) is 0 Å². The fourth-order valence-electron chi connectivity index (χ4n) is 2.19. The number of aromatic nitrogens is 3. The van der Waals surface area contributed by atoms with E-state index in [1.165, 1.54) is 0 Å². The lowest BCUT2D eigenvalue weighted by atomic mass is 10.3. The number of fused-ring (bicyclic) bond motifs is 1. The zero-order valence-corrected chi connectivity index (χ0v) is 12.2. The van der Waals surface area contributed by atoms with Gasteiger partial charge in [0, 0.05) is 18.9 Å². The number of nitrogens with zero attached hydrogens (tertiary/aromatic N) is 3. The van der Waals surface area contributed by atoms with E-state index in [9.17, 15) is 0 Å². The Morgan fingerprint density at radius 2 is 2.14 bits per heavy atom. The standard InChI is InChI=1S/C16H18N4O/c1-3-17-11-13-16(19-15-8-4-5-10-20(13)15)21-14-7-6-9-18-12(14)2/h4-10,17H,3,11H2,1-2H3. The largest absolute Gasteiger partial charge is 0.435 e. The summed E-state index contributed by atoms with van der Waals surface area (Å²) in [4.78, 5) is 8.82. The van der Waals surface area contributed by atoms with Crippen molar-refractivity contribution in [3.8, 4) is 11.6 Å². The van der Waals surface area contributed by atoms with Crippen molar-refractivity contribution in [2.75, 3.05) is 6.54 Å². The van der Waals surface area contributed by atoms with Gasteiger partial charge in [0.25, 0.3) is 0 Å². The van der Waals surface area contributed by atoms with E-state index in [2.05, 4.69) is 22.2 Å². The van der Waals surface area contributed by atoms with Crippen molar-refractivity contribution in [3.05, 3.63) is 54.1 Å². The average molecular weight is 282 g/mol. The second kappa shape index (κ2) is 5.93. The molecule has 0 atom stereocenters. The minimum atomic E-state index is 0.623. The SMILES string of the molecule is CCNCc1c(Oc2cccnc2C)nc2ccccn12. The number of ether oxygens (including phenoxy) is 1. The first kappa shape index (κ1) is 13.6.